The molecule has 1 aliphatic rings. The minimum Gasteiger partial charge on any atom is -0.398 e. The number of hydrogen-bond acceptors (Lipinski definition) is 2. The van der Waals surface area contributed by atoms with Crippen molar-refractivity contribution < 1.29 is 8.78 Å². The van der Waals surface area contributed by atoms with Gasteiger partial charge in [0.1, 0.15) is 11.6 Å². The van der Waals surface area contributed by atoms with E-state index in [1.165, 1.54) is 23.3 Å². The fourth-order valence-electron chi connectivity index (χ4n) is 3.02. The third kappa shape index (κ3) is 2.76. The van der Waals surface area contributed by atoms with Crippen molar-refractivity contribution in [3.05, 3.63) is 64.7 Å². The zero-order valence-corrected chi connectivity index (χ0v) is 11.9. The van der Waals surface area contributed by atoms with Crippen molar-refractivity contribution in [1.29, 1.82) is 0 Å². The molecule has 4 heteroatoms. The summed E-state index contributed by atoms with van der Waals surface area (Å²) in [7, 11) is 0. The Bertz CT molecular complexity index is 650. The van der Waals surface area contributed by atoms with Gasteiger partial charge in [0, 0.05) is 30.9 Å². The molecule has 2 aromatic rings. The summed E-state index contributed by atoms with van der Waals surface area (Å²) in [5, 5.41) is 0. The van der Waals surface area contributed by atoms with Crippen molar-refractivity contribution in [3.8, 4) is 0 Å². The summed E-state index contributed by atoms with van der Waals surface area (Å²) in [5.41, 5.74) is 9.89. The van der Waals surface area contributed by atoms with Gasteiger partial charge in [0.2, 0.25) is 0 Å². The molecule has 0 bridgehead atoms. The van der Waals surface area contributed by atoms with E-state index in [4.69, 9.17) is 5.73 Å². The molecular formula is C17H18F2N2. The predicted molar refractivity (Wildman–Crippen MR) is 79.7 cm³/mol. The third-order valence-corrected chi connectivity index (χ3v) is 4.25. The molecule has 0 amide bonds. The SMILES string of the molecule is CC(c1cc(F)cc(F)c1)N1CCc2c(N)cccc2C1. The maximum Gasteiger partial charge on any atom is 0.126 e. The van der Waals surface area contributed by atoms with Crippen LogP contribution in [0.3, 0.4) is 0 Å². The Labute approximate surface area is 123 Å². The molecule has 0 aliphatic carbocycles. The van der Waals surface area contributed by atoms with E-state index in [9.17, 15) is 8.78 Å². The van der Waals surface area contributed by atoms with Crippen molar-refractivity contribution in [2.24, 2.45) is 0 Å². The average molecular weight is 288 g/mol. The molecule has 3 rings (SSSR count). The van der Waals surface area contributed by atoms with E-state index in [0.717, 1.165) is 31.3 Å². The van der Waals surface area contributed by atoms with E-state index >= 15 is 0 Å². The maximum absolute atomic E-state index is 13.4. The molecule has 21 heavy (non-hydrogen) atoms. The summed E-state index contributed by atoms with van der Waals surface area (Å²) in [6.45, 7) is 3.56. The van der Waals surface area contributed by atoms with Crippen LogP contribution in [-0.4, -0.2) is 11.4 Å². The van der Waals surface area contributed by atoms with E-state index in [0.29, 0.717) is 5.56 Å². The number of fused-ring (bicyclic) bond motifs is 1. The second kappa shape index (κ2) is 5.45. The molecule has 0 saturated carbocycles. The molecule has 0 saturated heterocycles. The van der Waals surface area contributed by atoms with Crippen LogP contribution in [-0.2, 0) is 13.0 Å². The van der Waals surface area contributed by atoms with Crippen molar-refractivity contribution >= 4 is 5.69 Å². The zero-order chi connectivity index (χ0) is 15.0. The van der Waals surface area contributed by atoms with E-state index in [-0.39, 0.29) is 6.04 Å². The first-order valence-corrected chi connectivity index (χ1v) is 7.11. The second-order valence-electron chi connectivity index (χ2n) is 5.58. The van der Waals surface area contributed by atoms with Gasteiger partial charge in [-0.05, 0) is 48.2 Å². The molecule has 0 radical (unpaired) electrons. The molecule has 0 fully saturated rings. The quantitative estimate of drug-likeness (QED) is 0.854. The summed E-state index contributed by atoms with van der Waals surface area (Å²) in [6, 6.07) is 9.61. The van der Waals surface area contributed by atoms with Gasteiger partial charge in [-0.1, -0.05) is 12.1 Å². The molecule has 2 N–H and O–H groups in total. The van der Waals surface area contributed by atoms with Crippen molar-refractivity contribution in [3.63, 3.8) is 0 Å². The second-order valence-corrected chi connectivity index (χ2v) is 5.58. The molecular weight excluding hydrogens is 270 g/mol. The first-order chi connectivity index (χ1) is 10.0. The number of nitrogens with two attached hydrogens (primary N) is 1. The third-order valence-electron chi connectivity index (χ3n) is 4.25. The molecule has 2 nitrogen and oxygen atoms in total. The number of rotatable bonds is 2. The Morgan fingerprint density at radius 1 is 1.14 bits per heavy atom. The number of anilines is 1. The van der Waals surface area contributed by atoms with Crippen LogP contribution in [0.15, 0.2) is 36.4 Å². The smallest absolute Gasteiger partial charge is 0.126 e. The van der Waals surface area contributed by atoms with Gasteiger partial charge in [-0.15, -0.1) is 0 Å². The van der Waals surface area contributed by atoms with Crippen LogP contribution in [0.4, 0.5) is 14.5 Å². The molecule has 2 aromatic carbocycles. The Morgan fingerprint density at radius 3 is 2.57 bits per heavy atom. The van der Waals surface area contributed by atoms with E-state index in [2.05, 4.69) is 11.0 Å². The zero-order valence-electron chi connectivity index (χ0n) is 11.9. The van der Waals surface area contributed by atoms with E-state index < -0.39 is 11.6 Å². The van der Waals surface area contributed by atoms with Crippen LogP contribution in [0.5, 0.6) is 0 Å². The topological polar surface area (TPSA) is 29.3 Å². The summed E-state index contributed by atoms with van der Waals surface area (Å²) < 4.78 is 26.7. The number of halogens is 2. The summed E-state index contributed by atoms with van der Waals surface area (Å²) in [5.74, 6) is -1.06. The highest BCUT2D eigenvalue weighted by molar-refractivity contribution is 5.52. The highest BCUT2D eigenvalue weighted by Gasteiger charge is 2.23. The number of hydrogen-bond donors (Lipinski definition) is 1. The minimum atomic E-state index is -0.529. The largest absolute Gasteiger partial charge is 0.398 e. The fraction of sp³-hybridized carbons (Fsp3) is 0.294. The maximum atomic E-state index is 13.4. The lowest BCUT2D eigenvalue weighted by Gasteiger charge is -2.34. The van der Waals surface area contributed by atoms with Gasteiger partial charge < -0.3 is 5.73 Å². The predicted octanol–water partition coefficient (Wildman–Crippen LogP) is 3.67. The normalized spacial score (nSPS) is 16.5. The Balaban J connectivity index is 1.85. The lowest BCUT2D eigenvalue weighted by Crippen LogP contribution is -2.33. The molecule has 110 valence electrons. The van der Waals surface area contributed by atoms with Gasteiger partial charge in [-0.2, -0.15) is 0 Å². The molecule has 1 heterocycles. The Hall–Kier alpha value is -1.94. The molecule has 1 atom stereocenters. The first-order valence-electron chi connectivity index (χ1n) is 7.11. The molecule has 1 unspecified atom stereocenters. The number of benzene rings is 2. The van der Waals surface area contributed by atoms with Crippen LogP contribution in [0.1, 0.15) is 29.7 Å². The van der Waals surface area contributed by atoms with Gasteiger partial charge in [-0.3, -0.25) is 4.90 Å². The minimum absolute atomic E-state index is 0.0372. The number of nitrogen functional groups attached to an aromatic ring is 1. The fourth-order valence-corrected chi connectivity index (χ4v) is 3.02. The summed E-state index contributed by atoms with van der Waals surface area (Å²) in [6.07, 6.45) is 0.865. The van der Waals surface area contributed by atoms with Crippen LogP contribution >= 0.6 is 0 Å². The van der Waals surface area contributed by atoms with Crippen LogP contribution < -0.4 is 5.73 Å². The average Bonchev–Trinajstić information content (AvgIpc) is 2.45. The molecule has 0 aromatic heterocycles. The first kappa shape index (κ1) is 14.0. The van der Waals surface area contributed by atoms with Gasteiger partial charge in [-0.25, -0.2) is 8.78 Å². The van der Waals surface area contributed by atoms with Crippen LogP contribution in [0.25, 0.3) is 0 Å². The van der Waals surface area contributed by atoms with Gasteiger partial charge >= 0.3 is 0 Å². The molecule has 1 aliphatic heterocycles. The lowest BCUT2D eigenvalue weighted by molar-refractivity contribution is 0.192. The molecule has 0 spiro atoms. The summed E-state index contributed by atoms with van der Waals surface area (Å²) in [4.78, 5) is 2.22. The number of nitrogens with zero attached hydrogens (tertiary/aromatic N) is 1. The van der Waals surface area contributed by atoms with Crippen molar-refractivity contribution in [2.75, 3.05) is 12.3 Å². The Morgan fingerprint density at radius 2 is 1.86 bits per heavy atom. The highest BCUT2D eigenvalue weighted by Crippen LogP contribution is 2.30. The lowest BCUT2D eigenvalue weighted by atomic mass is 9.95. The monoisotopic (exact) mass is 288 g/mol. The standard InChI is InChI=1S/C17H18F2N2/c1-11(13-7-14(18)9-15(19)8-13)21-6-5-16-12(10-21)3-2-4-17(16)20/h2-4,7-9,11H,5-6,10,20H2,1H3. The van der Waals surface area contributed by atoms with Crippen LogP contribution in [0, 0.1) is 11.6 Å². The highest BCUT2D eigenvalue weighted by atomic mass is 19.1. The van der Waals surface area contributed by atoms with Crippen molar-refractivity contribution in [2.45, 2.75) is 25.9 Å². The van der Waals surface area contributed by atoms with Gasteiger partial charge in [0.25, 0.3) is 0 Å². The van der Waals surface area contributed by atoms with E-state index in [1.807, 2.05) is 19.1 Å². The van der Waals surface area contributed by atoms with Gasteiger partial charge in [0.05, 0.1) is 0 Å². The van der Waals surface area contributed by atoms with Gasteiger partial charge in [0.15, 0.2) is 0 Å². The van der Waals surface area contributed by atoms with E-state index in [1.54, 1.807) is 0 Å². The summed E-state index contributed by atoms with van der Waals surface area (Å²) >= 11 is 0. The van der Waals surface area contributed by atoms with Crippen LogP contribution in [0.2, 0.25) is 0 Å². The Kier molecular flexibility index (Phi) is 3.64. The van der Waals surface area contributed by atoms with Crippen molar-refractivity contribution in [1.82, 2.24) is 4.90 Å².